The lowest BCUT2D eigenvalue weighted by Crippen LogP contribution is -2.42. The van der Waals surface area contributed by atoms with Gasteiger partial charge in [0.15, 0.2) is 0 Å². The average molecular weight is 325 g/mol. The van der Waals surface area contributed by atoms with Crippen molar-refractivity contribution in [1.29, 1.82) is 0 Å². The molecule has 0 radical (unpaired) electrons. The van der Waals surface area contributed by atoms with Crippen molar-refractivity contribution in [2.45, 2.75) is 6.42 Å². The van der Waals surface area contributed by atoms with Crippen molar-refractivity contribution >= 4 is 22.5 Å². The fourth-order valence-corrected chi connectivity index (χ4v) is 4.31. The van der Waals surface area contributed by atoms with Crippen LogP contribution in [0.2, 0.25) is 0 Å². The van der Waals surface area contributed by atoms with Crippen molar-refractivity contribution in [3.05, 3.63) is 105 Å². The normalized spacial score (nSPS) is 23.1. The van der Waals surface area contributed by atoms with Crippen LogP contribution in [0, 0.1) is 15.5 Å². The van der Waals surface area contributed by atoms with Gasteiger partial charge in [0.05, 0.1) is 10.1 Å². The Morgan fingerprint density at radius 1 is 1.04 bits per heavy atom. The molecule has 0 saturated heterocycles. The number of hydrogen-bond donors (Lipinski definition) is 0. The Bertz CT molecular complexity index is 1190. The molecule has 1 spiro atoms. The van der Waals surface area contributed by atoms with Gasteiger partial charge in [0, 0.05) is 11.0 Å². The summed E-state index contributed by atoms with van der Waals surface area (Å²) < 4.78 is 0. The zero-order valence-corrected chi connectivity index (χ0v) is 13.5. The Kier molecular flexibility index (Phi) is 2.78. The van der Waals surface area contributed by atoms with Crippen LogP contribution in [0.1, 0.15) is 6.42 Å². The molecule has 25 heavy (non-hydrogen) atoms. The van der Waals surface area contributed by atoms with Gasteiger partial charge in [0.1, 0.15) is 0 Å². The van der Waals surface area contributed by atoms with Crippen LogP contribution in [0.25, 0.3) is 22.5 Å². The largest absolute Gasteiger partial charge is 0.281 e. The van der Waals surface area contributed by atoms with Crippen molar-refractivity contribution < 1.29 is 4.92 Å². The van der Waals surface area contributed by atoms with E-state index in [-0.39, 0.29) is 10.6 Å². The van der Waals surface area contributed by atoms with Gasteiger partial charge in [-0.2, -0.15) is 0 Å². The summed E-state index contributed by atoms with van der Waals surface area (Å²) in [7, 11) is 0. The first-order valence-electron chi connectivity index (χ1n) is 8.37. The van der Waals surface area contributed by atoms with Crippen molar-refractivity contribution in [1.82, 2.24) is 0 Å². The average Bonchev–Trinajstić information content (AvgIpc) is 2.64. The van der Waals surface area contributed by atoms with Gasteiger partial charge < -0.3 is 0 Å². The lowest BCUT2D eigenvalue weighted by molar-refractivity contribution is -0.377. The molecule has 0 N–H and O–H groups in total. The molecule has 5 rings (SSSR count). The van der Waals surface area contributed by atoms with Crippen LogP contribution in [0.3, 0.4) is 0 Å². The molecule has 2 aromatic rings. The van der Waals surface area contributed by atoms with E-state index < -0.39 is 5.41 Å². The zero-order valence-electron chi connectivity index (χ0n) is 13.5. The molecule has 120 valence electrons. The molecule has 0 bridgehead atoms. The first-order chi connectivity index (χ1) is 12.2. The van der Waals surface area contributed by atoms with E-state index in [1.165, 1.54) is 0 Å². The van der Waals surface area contributed by atoms with Crippen LogP contribution < -0.4 is 10.4 Å². The maximum Gasteiger partial charge on any atom is 0.281 e. The summed E-state index contributed by atoms with van der Waals surface area (Å²) in [5, 5.41) is 15.9. The maximum absolute atomic E-state index is 12.0. The Balaban J connectivity index is 2.03. The topological polar surface area (TPSA) is 43.1 Å². The first-order valence-corrected chi connectivity index (χ1v) is 8.37. The molecule has 3 aliphatic rings. The van der Waals surface area contributed by atoms with Crippen molar-refractivity contribution in [3.8, 4) is 0 Å². The third-order valence-corrected chi connectivity index (χ3v) is 5.44. The summed E-state index contributed by atoms with van der Waals surface area (Å²) in [5.41, 5.74) is 1.70. The summed E-state index contributed by atoms with van der Waals surface area (Å²) in [4.78, 5) is 11.8. The van der Waals surface area contributed by atoms with Gasteiger partial charge in [-0.3, -0.25) is 10.1 Å². The smallest absolute Gasteiger partial charge is 0.258 e. The molecule has 1 unspecified atom stereocenters. The highest BCUT2D eigenvalue weighted by atomic mass is 16.6. The third-order valence-electron chi connectivity index (χ3n) is 5.44. The Hall–Kier alpha value is -3.20. The summed E-state index contributed by atoms with van der Waals surface area (Å²) in [6.45, 7) is 0. The van der Waals surface area contributed by atoms with Gasteiger partial charge >= 0.3 is 0 Å². The van der Waals surface area contributed by atoms with E-state index in [1.807, 2.05) is 48.6 Å². The van der Waals surface area contributed by atoms with Gasteiger partial charge in [-0.15, -0.1) is 0 Å². The van der Waals surface area contributed by atoms with Gasteiger partial charge in [0.25, 0.3) is 5.70 Å². The van der Waals surface area contributed by atoms with E-state index in [0.717, 1.165) is 33.6 Å². The predicted octanol–water partition coefficient (Wildman–Crippen LogP) is 3.39. The van der Waals surface area contributed by atoms with Gasteiger partial charge in [0.2, 0.25) is 0 Å². The van der Waals surface area contributed by atoms with E-state index in [0.29, 0.717) is 5.22 Å². The molecule has 1 atom stereocenters. The number of hydrogen-bond acceptors (Lipinski definition) is 2. The second-order valence-corrected chi connectivity index (χ2v) is 6.66. The monoisotopic (exact) mass is 325 g/mol. The number of benzene rings is 2. The number of allylic oxidation sites excluding steroid dienone is 7. The molecule has 2 aromatic carbocycles. The second-order valence-electron chi connectivity index (χ2n) is 6.66. The van der Waals surface area contributed by atoms with Crippen LogP contribution >= 0.6 is 0 Å². The van der Waals surface area contributed by atoms with Gasteiger partial charge in [-0.25, -0.2) is 0 Å². The number of fused-ring (bicyclic) bond motifs is 3. The molecule has 3 heteroatoms. The van der Waals surface area contributed by atoms with E-state index in [2.05, 4.69) is 30.4 Å². The molecule has 0 saturated carbocycles. The minimum Gasteiger partial charge on any atom is -0.258 e. The molecule has 0 aromatic heterocycles. The molecular formula is C22H15NO2. The fourth-order valence-electron chi connectivity index (χ4n) is 4.31. The van der Waals surface area contributed by atoms with E-state index in [1.54, 1.807) is 0 Å². The predicted molar refractivity (Wildman–Crippen MR) is 99.6 cm³/mol. The summed E-state index contributed by atoms with van der Waals surface area (Å²) in [6, 6.07) is 12.0. The molecule has 0 aliphatic heterocycles. The molecule has 0 fully saturated rings. The van der Waals surface area contributed by atoms with Gasteiger partial charge in [-0.05, 0) is 34.1 Å². The highest BCUT2D eigenvalue weighted by Crippen LogP contribution is 2.49. The van der Waals surface area contributed by atoms with E-state index in [9.17, 15) is 10.1 Å². The number of rotatable bonds is 1. The second kappa shape index (κ2) is 4.90. The third kappa shape index (κ3) is 1.81. The fraction of sp³-hybridized carbons (Fsp3) is 0.0909. The van der Waals surface area contributed by atoms with E-state index >= 15 is 0 Å². The van der Waals surface area contributed by atoms with Gasteiger partial charge in [-0.1, -0.05) is 72.9 Å². The van der Waals surface area contributed by atoms with Crippen molar-refractivity contribution in [3.63, 3.8) is 0 Å². The quantitative estimate of drug-likeness (QED) is 0.596. The summed E-state index contributed by atoms with van der Waals surface area (Å²) in [6.07, 6.45) is 15.1. The number of nitro groups is 1. The lowest BCUT2D eigenvalue weighted by Gasteiger charge is -2.38. The van der Waals surface area contributed by atoms with Crippen LogP contribution in [0.5, 0.6) is 0 Å². The molecule has 3 aliphatic carbocycles. The lowest BCUT2D eigenvalue weighted by atomic mass is 9.64. The molecule has 0 heterocycles. The highest BCUT2D eigenvalue weighted by molar-refractivity contribution is 5.88. The SMILES string of the molecule is O=[N+]([O-])C1=c2ccc3ccccc3c2=CC23CC=CC=C2C=CC=C13. The summed E-state index contributed by atoms with van der Waals surface area (Å²) >= 11 is 0. The van der Waals surface area contributed by atoms with Crippen LogP contribution in [-0.4, -0.2) is 4.92 Å². The first kappa shape index (κ1) is 14.2. The Morgan fingerprint density at radius 3 is 2.80 bits per heavy atom. The molecule has 0 amide bonds. The van der Waals surface area contributed by atoms with Crippen LogP contribution in [0.4, 0.5) is 0 Å². The Labute approximate surface area is 144 Å². The molecule has 3 nitrogen and oxygen atoms in total. The Morgan fingerprint density at radius 2 is 1.92 bits per heavy atom. The molecular weight excluding hydrogens is 310 g/mol. The van der Waals surface area contributed by atoms with Crippen molar-refractivity contribution in [2.75, 3.05) is 0 Å². The van der Waals surface area contributed by atoms with Crippen molar-refractivity contribution in [2.24, 2.45) is 5.41 Å². The highest BCUT2D eigenvalue weighted by Gasteiger charge is 2.44. The summed E-state index contributed by atoms with van der Waals surface area (Å²) in [5.74, 6) is 0. The van der Waals surface area contributed by atoms with Crippen LogP contribution in [-0.2, 0) is 0 Å². The minimum absolute atomic E-state index is 0.219. The standard InChI is InChI=1S/C22H15NO2/c24-23(25)21-18-12-11-15-6-1-2-9-17(15)19(18)14-22-13-4-3-7-16(22)8-5-10-20(21)22/h1-12,14H,13H2. The zero-order chi connectivity index (χ0) is 17.0. The van der Waals surface area contributed by atoms with E-state index in [4.69, 9.17) is 0 Å². The maximum atomic E-state index is 12.0. The minimum atomic E-state index is -0.441. The number of nitrogens with zero attached hydrogens (tertiary/aromatic N) is 1. The van der Waals surface area contributed by atoms with Crippen LogP contribution in [0.15, 0.2) is 84.0 Å².